The first-order chi connectivity index (χ1) is 9.72. The summed E-state index contributed by atoms with van der Waals surface area (Å²) in [7, 11) is 1.85. The lowest BCUT2D eigenvalue weighted by atomic mass is 9.75. The van der Waals surface area contributed by atoms with E-state index in [9.17, 15) is 4.79 Å². The maximum atomic E-state index is 12.1. The fourth-order valence-corrected chi connectivity index (χ4v) is 3.08. The second kappa shape index (κ2) is 5.57. The molecule has 0 N–H and O–H groups in total. The van der Waals surface area contributed by atoms with Crippen LogP contribution in [-0.4, -0.2) is 20.8 Å². The van der Waals surface area contributed by atoms with Crippen molar-refractivity contribution in [3.63, 3.8) is 0 Å². The van der Waals surface area contributed by atoms with Crippen molar-refractivity contribution < 1.29 is 4.79 Å². The summed E-state index contributed by atoms with van der Waals surface area (Å²) in [5.41, 5.74) is 2.27. The van der Waals surface area contributed by atoms with Crippen LogP contribution in [0.1, 0.15) is 36.4 Å². The molecule has 1 saturated carbocycles. The molecule has 0 spiro atoms. The lowest BCUT2D eigenvalue weighted by Crippen LogP contribution is -2.25. The Kier molecular flexibility index (Phi) is 3.63. The monoisotopic (exact) mass is 269 g/mol. The van der Waals surface area contributed by atoms with Gasteiger partial charge in [0.05, 0.1) is 5.69 Å². The Morgan fingerprint density at radius 1 is 1.30 bits per heavy atom. The summed E-state index contributed by atoms with van der Waals surface area (Å²) in [5, 5.41) is 8.04. The van der Waals surface area contributed by atoms with Gasteiger partial charge in [0.15, 0.2) is 0 Å². The van der Waals surface area contributed by atoms with Gasteiger partial charge in [0.1, 0.15) is 5.78 Å². The minimum absolute atomic E-state index is 0.0886. The van der Waals surface area contributed by atoms with Crippen LogP contribution in [-0.2, 0) is 18.3 Å². The number of Topliss-reactive ketones (excluding diaryl/α,β-unsaturated/α-hetero) is 1. The summed E-state index contributed by atoms with van der Waals surface area (Å²) < 4.78 is 1.69. The van der Waals surface area contributed by atoms with E-state index >= 15 is 0 Å². The smallest absolute Gasteiger partial charge is 0.136 e. The number of carbonyl (C=O) groups excluding carboxylic acids is 1. The van der Waals surface area contributed by atoms with Crippen molar-refractivity contribution in [2.45, 2.75) is 31.6 Å². The van der Waals surface area contributed by atoms with Crippen LogP contribution in [0.5, 0.6) is 0 Å². The number of aryl methyl sites for hydroxylation is 1. The molecule has 2 aromatic rings. The van der Waals surface area contributed by atoms with Crippen molar-refractivity contribution in [3.8, 4) is 0 Å². The third kappa shape index (κ3) is 2.79. The number of aromatic nitrogens is 3. The molecule has 2 unspecified atom stereocenters. The maximum absolute atomic E-state index is 12.1. The second-order valence-corrected chi connectivity index (χ2v) is 5.63. The summed E-state index contributed by atoms with van der Waals surface area (Å²) >= 11 is 0. The van der Waals surface area contributed by atoms with Gasteiger partial charge in [-0.3, -0.25) is 9.48 Å². The topological polar surface area (TPSA) is 47.8 Å². The van der Waals surface area contributed by atoms with Crippen LogP contribution in [0.2, 0.25) is 0 Å². The van der Waals surface area contributed by atoms with Gasteiger partial charge in [-0.15, -0.1) is 5.10 Å². The van der Waals surface area contributed by atoms with E-state index in [1.807, 2.05) is 19.3 Å². The summed E-state index contributed by atoms with van der Waals surface area (Å²) in [6, 6.07) is 10.5. The zero-order chi connectivity index (χ0) is 13.9. The molecule has 1 fully saturated rings. The second-order valence-electron chi connectivity index (χ2n) is 5.63. The predicted octanol–water partition coefficient (Wildman–Crippen LogP) is 2.51. The van der Waals surface area contributed by atoms with E-state index < -0.39 is 0 Å². The van der Waals surface area contributed by atoms with Crippen molar-refractivity contribution in [2.24, 2.45) is 13.0 Å². The normalized spacial score (nSPS) is 22.9. The van der Waals surface area contributed by atoms with E-state index in [1.54, 1.807) is 4.68 Å². The molecule has 1 aromatic carbocycles. The summed E-state index contributed by atoms with van der Waals surface area (Å²) in [6.45, 7) is 0. The molecule has 0 bridgehead atoms. The first kappa shape index (κ1) is 13.0. The Morgan fingerprint density at radius 2 is 2.10 bits per heavy atom. The number of carbonyl (C=O) groups is 1. The first-order valence-electron chi connectivity index (χ1n) is 7.15. The Bertz CT molecular complexity index is 591. The van der Waals surface area contributed by atoms with Crippen LogP contribution >= 0.6 is 0 Å². The molecule has 0 radical (unpaired) electrons. The Hall–Kier alpha value is -1.97. The van der Waals surface area contributed by atoms with E-state index in [4.69, 9.17) is 0 Å². The molecule has 0 amide bonds. The molecule has 2 atom stereocenters. The van der Waals surface area contributed by atoms with Gasteiger partial charge >= 0.3 is 0 Å². The third-order valence-electron chi connectivity index (χ3n) is 4.14. The third-order valence-corrected chi connectivity index (χ3v) is 4.14. The Morgan fingerprint density at radius 3 is 2.80 bits per heavy atom. The molecule has 0 saturated heterocycles. The molecule has 104 valence electrons. The van der Waals surface area contributed by atoms with Crippen molar-refractivity contribution in [1.29, 1.82) is 0 Å². The molecule has 4 heteroatoms. The molecule has 4 nitrogen and oxygen atoms in total. The van der Waals surface area contributed by atoms with Gasteiger partial charge in [0.25, 0.3) is 0 Å². The zero-order valence-corrected chi connectivity index (χ0v) is 11.7. The molecule has 3 rings (SSSR count). The summed E-state index contributed by atoms with van der Waals surface area (Å²) in [6.07, 6.45) is 5.21. The molecule has 1 aliphatic rings. The van der Waals surface area contributed by atoms with Gasteiger partial charge < -0.3 is 0 Å². The first-order valence-corrected chi connectivity index (χ1v) is 7.15. The molecule has 0 aliphatic heterocycles. The van der Waals surface area contributed by atoms with Crippen molar-refractivity contribution in [2.75, 3.05) is 0 Å². The van der Waals surface area contributed by atoms with Gasteiger partial charge in [-0.25, -0.2) is 0 Å². The maximum Gasteiger partial charge on any atom is 0.136 e. The van der Waals surface area contributed by atoms with E-state index in [-0.39, 0.29) is 5.92 Å². The quantitative estimate of drug-likeness (QED) is 0.860. The van der Waals surface area contributed by atoms with Crippen LogP contribution < -0.4 is 0 Å². The van der Waals surface area contributed by atoms with Crippen LogP contribution in [0.4, 0.5) is 0 Å². The number of hydrogen-bond acceptors (Lipinski definition) is 3. The average molecular weight is 269 g/mol. The van der Waals surface area contributed by atoms with Gasteiger partial charge in [-0.05, 0) is 24.3 Å². The molecular weight excluding hydrogens is 250 g/mol. The van der Waals surface area contributed by atoms with Gasteiger partial charge in [-0.1, -0.05) is 35.5 Å². The van der Waals surface area contributed by atoms with Crippen LogP contribution in [0.3, 0.4) is 0 Å². The number of ketones is 1. The predicted molar refractivity (Wildman–Crippen MR) is 76.2 cm³/mol. The van der Waals surface area contributed by atoms with E-state index in [1.165, 1.54) is 5.56 Å². The van der Waals surface area contributed by atoms with E-state index in [0.29, 0.717) is 18.1 Å². The lowest BCUT2D eigenvalue weighted by Gasteiger charge is -2.28. The standard InChI is InChI=1S/C16H19N3O/c1-19-11-15(17-18-19)10-14-9-13(7-8-16(14)20)12-5-3-2-4-6-12/h2-6,11,13-14H,7-10H2,1H3. The number of nitrogens with zero attached hydrogens (tertiary/aromatic N) is 3. The van der Waals surface area contributed by atoms with Gasteiger partial charge in [0.2, 0.25) is 0 Å². The van der Waals surface area contributed by atoms with Crippen LogP contribution in [0.25, 0.3) is 0 Å². The van der Waals surface area contributed by atoms with Gasteiger partial charge in [0, 0.05) is 32.0 Å². The lowest BCUT2D eigenvalue weighted by molar-refractivity contribution is -0.124. The Labute approximate surface area is 118 Å². The fourth-order valence-electron chi connectivity index (χ4n) is 3.08. The van der Waals surface area contributed by atoms with Crippen LogP contribution in [0, 0.1) is 5.92 Å². The highest BCUT2D eigenvalue weighted by atomic mass is 16.1. The van der Waals surface area contributed by atoms with Crippen molar-refractivity contribution in [3.05, 3.63) is 47.8 Å². The minimum Gasteiger partial charge on any atom is -0.299 e. The largest absolute Gasteiger partial charge is 0.299 e. The molecule has 1 aliphatic carbocycles. The molecule has 20 heavy (non-hydrogen) atoms. The van der Waals surface area contributed by atoms with Gasteiger partial charge in [-0.2, -0.15) is 0 Å². The summed E-state index contributed by atoms with van der Waals surface area (Å²) in [5.74, 6) is 0.962. The van der Waals surface area contributed by atoms with Crippen LogP contribution in [0.15, 0.2) is 36.5 Å². The number of benzene rings is 1. The minimum atomic E-state index is 0.0886. The van der Waals surface area contributed by atoms with Crippen molar-refractivity contribution in [1.82, 2.24) is 15.0 Å². The highest BCUT2D eigenvalue weighted by molar-refractivity contribution is 5.82. The SMILES string of the molecule is Cn1cc(CC2CC(c3ccccc3)CCC2=O)nn1. The molecule has 1 aromatic heterocycles. The summed E-state index contributed by atoms with van der Waals surface area (Å²) in [4.78, 5) is 12.1. The highest BCUT2D eigenvalue weighted by Gasteiger charge is 2.30. The number of rotatable bonds is 3. The Balaban J connectivity index is 1.72. The molecule has 1 heterocycles. The fraction of sp³-hybridized carbons (Fsp3) is 0.438. The zero-order valence-electron chi connectivity index (χ0n) is 11.7. The van der Waals surface area contributed by atoms with E-state index in [2.05, 4.69) is 34.6 Å². The number of hydrogen-bond donors (Lipinski definition) is 0. The van der Waals surface area contributed by atoms with E-state index in [0.717, 1.165) is 25.0 Å². The molecular formula is C16H19N3O. The average Bonchev–Trinajstić information content (AvgIpc) is 2.88. The highest BCUT2D eigenvalue weighted by Crippen LogP contribution is 2.35. The van der Waals surface area contributed by atoms with Crippen molar-refractivity contribution >= 4 is 5.78 Å².